The monoisotopic (exact) mass is 352 g/mol. The molecule has 1 aliphatic heterocycles. The third-order valence-electron chi connectivity index (χ3n) is 4.59. The van der Waals surface area contributed by atoms with Gasteiger partial charge in [0.2, 0.25) is 11.8 Å². The van der Waals surface area contributed by atoms with E-state index in [-0.39, 0.29) is 41.4 Å². The summed E-state index contributed by atoms with van der Waals surface area (Å²) >= 11 is 5.65. The van der Waals surface area contributed by atoms with Crippen molar-refractivity contribution in [2.24, 2.45) is 5.92 Å². The lowest BCUT2D eigenvalue weighted by Crippen LogP contribution is -2.48. The molecule has 8 heteroatoms. The van der Waals surface area contributed by atoms with Crippen LogP contribution >= 0.6 is 11.6 Å². The highest BCUT2D eigenvalue weighted by Crippen LogP contribution is 2.32. The van der Waals surface area contributed by atoms with Crippen LogP contribution in [0.2, 0.25) is 5.15 Å². The van der Waals surface area contributed by atoms with Gasteiger partial charge in [0, 0.05) is 38.2 Å². The van der Waals surface area contributed by atoms with Crippen molar-refractivity contribution in [3.05, 3.63) is 17.3 Å². The van der Waals surface area contributed by atoms with Gasteiger partial charge >= 0.3 is 0 Å². The number of amides is 2. The maximum atomic E-state index is 12.3. The Kier molecular flexibility index (Phi) is 5.18. The highest BCUT2D eigenvalue weighted by atomic mass is 35.5. The maximum absolute atomic E-state index is 12.3. The van der Waals surface area contributed by atoms with Crippen molar-refractivity contribution < 1.29 is 14.3 Å². The summed E-state index contributed by atoms with van der Waals surface area (Å²) in [7, 11) is 1.78. The largest absolute Gasteiger partial charge is 0.466 e. The Balaban J connectivity index is 1.44. The number of carbonyl (C=O) groups excluding carboxylic acids is 2. The minimum absolute atomic E-state index is 0.0893. The molecule has 2 amide bonds. The maximum Gasteiger partial charge on any atom is 0.260 e. The van der Waals surface area contributed by atoms with Gasteiger partial charge in [-0.05, 0) is 31.7 Å². The Morgan fingerprint density at radius 2 is 1.96 bits per heavy atom. The number of ether oxygens (including phenoxy) is 1. The van der Waals surface area contributed by atoms with Crippen molar-refractivity contribution in [1.29, 1.82) is 0 Å². The molecular formula is C16H21ClN4O3. The molecule has 1 aromatic rings. The predicted molar refractivity (Wildman–Crippen MR) is 87.6 cm³/mol. The number of hydrogen-bond acceptors (Lipinski definition) is 5. The van der Waals surface area contributed by atoms with E-state index in [0.717, 1.165) is 38.8 Å². The quantitative estimate of drug-likeness (QED) is 0.800. The summed E-state index contributed by atoms with van der Waals surface area (Å²) in [6.45, 7) is 1.36. The van der Waals surface area contributed by atoms with Crippen LogP contribution in [0, 0.1) is 5.92 Å². The van der Waals surface area contributed by atoms with E-state index in [2.05, 4.69) is 10.2 Å². The van der Waals surface area contributed by atoms with Gasteiger partial charge in [0.05, 0.1) is 0 Å². The lowest BCUT2D eigenvalue weighted by atomic mass is 10.0. The molecule has 3 rings (SSSR count). The smallest absolute Gasteiger partial charge is 0.260 e. The van der Waals surface area contributed by atoms with Crippen LogP contribution in [-0.4, -0.2) is 64.6 Å². The van der Waals surface area contributed by atoms with Crippen LogP contribution in [0.25, 0.3) is 0 Å². The average Bonchev–Trinajstić information content (AvgIpc) is 3.45. The van der Waals surface area contributed by atoms with E-state index in [1.807, 2.05) is 4.90 Å². The zero-order valence-corrected chi connectivity index (χ0v) is 14.4. The summed E-state index contributed by atoms with van der Waals surface area (Å²) in [5.74, 6) is 0.701. The number of piperidine rings is 1. The number of nitrogens with zero attached hydrogens (tertiary/aromatic N) is 4. The molecule has 2 heterocycles. The van der Waals surface area contributed by atoms with E-state index in [9.17, 15) is 9.59 Å². The van der Waals surface area contributed by atoms with E-state index in [0.29, 0.717) is 0 Å². The molecule has 24 heavy (non-hydrogen) atoms. The van der Waals surface area contributed by atoms with Crippen LogP contribution in [0.4, 0.5) is 0 Å². The molecule has 1 saturated carbocycles. The van der Waals surface area contributed by atoms with Gasteiger partial charge in [0.25, 0.3) is 5.91 Å². The van der Waals surface area contributed by atoms with Crippen LogP contribution < -0.4 is 4.74 Å². The van der Waals surface area contributed by atoms with Gasteiger partial charge in [-0.3, -0.25) is 9.59 Å². The number of carbonyl (C=O) groups is 2. The number of hydrogen-bond donors (Lipinski definition) is 0. The van der Waals surface area contributed by atoms with Crippen molar-refractivity contribution in [2.75, 3.05) is 26.7 Å². The van der Waals surface area contributed by atoms with Crippen molar-refractivity contribution in [1.82, 2.24) is 20.0 Å². The minimum Gasteiger partial charge on any atom is -0.466 e. The summed E-state index contributed by atoms with van der Waals surface area (Å²) in [5.41, 5.74) is 0. The molecule has 0 spiro atoms. The minimum atomic E-state index is -0.112. The molecule has 0 atom stereocenters. The van der Waals surface area contributed by atoms with Gasteiger partial charge in [0.1, 0.15) is 0 Å². The predicted octanol–water partition coefficient (Wildman–Crippen LogP) is 1.37. The fraction of sp³-hybridized carbons (Fsp3) is 0.625. The lowest BCUT2D eigenvalue weighted by Gasteiger charge is -2.36. The van der Waals surface area contributed by atoms with E-state index < -0.39 is 0 Å². The van der Waals surface area contributed by atoms with Crippen LogP contribution in [-0.2, 0) is 9.59 Å². The van der Waals surface area contributed by atoms with Crippen molar-refractivity contribution in [3.8, 4) is 5.88 Å². The Bertz CT molecular complexity index is 598. The highest BCUT2D eigenvalue weighted by Gasteiger charge is 2.35. The third-order valence-corrected chi connectivity index (χ3v) is 4.80. The van der Waals surface area contributed by atoms with E-state index in [1.165, 1.54) is 0 Å². The van der Waals surface area contributed by atoms with Crippen LogP contribution in [0.5, 0.6) is 5.88 Å². The van der Waals surface area contributed by atoms with Gasteiger partial charge in [-0.2, -0.15) is 0 Å². The first-order valence-corrected chi connectivity index (χ1v) is 8.59. The summed E-state index contributed by atoms with van der Waals surface area (Å²) in [6, 6.07) is 3.27. The molecule has 130 valence electrons. The second kappa shape index (κ2) is 7.34. The number of aromatic nitrogens is 2. The summed E-state index contributed by atoms with van der Waals surface area (Å²) in [5, 5.41) is 7.69. The number of halogens is 1. The molecule has 1 aliphatic carbocycles. The summed E-state index contributed by atoms with van der Waals surface area (Å²) in [4.78, 5) is 28.0. The molecule has 1 aromatic heterocycles. The van der Waals surface area contributed by atoms with Gasteiger partial charge in [-0.1, -0.05) is 11.6 Å². The normalized spacial score (nSPS) is 18.3. The molecule has 2 aliphatic rings. The molecule has 0 bridgehead atoms. The van der Waals surface area contributed by atoms with E-state index in [1.54, 1.807) is 24.1 Å². The fourth-order valence-corrected chi connectivity index (χ4v) is 2.98. The summed E-state index contributed by atoms with van der Waals surface area (Å²) in [6.07, 6.45) is 3.67. The second-order valence-electron chi connectivity index (χ2n) is 6.32. The first-order valence-electron chi connectivity index (χ1n) is 8.21. The zero-order chi connectivity index (χ0) is 17.1. The first kappa shape index (κ1) is 17.0. The molecule has 0 aromatic carbocycles. The van der Waals surface area contributed by atoms with Gasteiger partial charge < -0.3 is 14.5 Å². The van der Waals surface area contributed by atoms with Gasteiger partial charge in [-0.15, -0.1) is 10.2 Å². The van der Waals surface area contributed by atoms with E-state index in [4.69, 9.17) is 16.3 Å². The molecule has 2 fully saturated rings. The Morgan fingerprint density at radius 1 is 1.25 bits per heavy atom. The number of likely N-dealkylation sites (N-methyl/N-ethyl adjacent to an activating group) is 1. The van der Waals surface area contributed by atoms with Gasteiger partial charge in [0.15, 0.2) is 11.8 Å². The zero-order valence-electron chi connectivity index (χ0n) is 13.7. The van der Waals surface area contributed by atoms with Crippen molar-refractivity contribution in [2.45, 2.75) is 31.7 Å². The number of likely N-dealkylation sites (tertiary alicyclic amines) is 1. The topological polar surface area (TPSA) is 75.6 Å². The fourth-order valence-electron chi connectivity index (χ4n) is 2.88. The van der Waals surface area contributed by atoms with Crippen LogP contribution in [0.15, 0.2) is 12.1 Å². The third kappa shape index (κ3) is 4.14. The molecule has 7 nitrogen and oxygen atoms in total. The van der Waals surface area contributed by atoms with Gasteiger partial charge in [-0.25, -0.2) is 0 Å². The molecule has 0 radical (unpaired) electrons. The Hall–Kier alpha value is -1.89. The molecule has 1 saturated heterocycles. The van der Waals surface area contributed by atoms with Crippen molar-refractivity contribution >= 4 is 23.4 Å². The standard InChI is InChI=1S/C16H21ClN4O3/c1-20(15(22)10-24-14-5-4-13(17)18-19-14)12-6-8-21(9-7-12)16(23)11-2-3-11/h4-5,11-12H,2-3,6-10H2,1H3. The average molecular weight is 353 g/mol. The highest BCUT2D eigenvalue weighted by molar-refractivity contribution is 6.29. The second-order valence-corrected chi connectivity index (χ2v) is 6.71. The van der Waals surface area contributed by atoms with Crippen LogP contribution in [0.3, 0.4) is 0 Å². The SMILES string of the molecule is CN(C(=O)COc1ccc(Cl)nn1)C1CCN(C(=O)C2CC2)CC1. The first-order chi connectivity index (χ1) is 11.5. The van der Waals surface area contributed by atoms with Crippen LogP contribution in [0.1, 0.15) is 25.7 Å². The molecular weight excluding hydrogens is 332 g/mol. The van der Waals surface area contributed by atoms with Crippen molar-refractivity contribution in [3.63, 3.8) is 0 Å². The summed E-state index contributed by atoms with van der Waals surface area (Å²) < 4.78 is 5.35. The Labute approximate surface area is 145 Å². The Morgan fingerprint density at radius 3 is 2.54 bits per heavy atom. The molecule has 0 N–H and O–H groups in total. The lowest BCUT2D eigenvalue weighted by molar-refractivity contribution is -0.137. The molecule has 0 unspecified atom stereocenters. The van der Waals surface area contributed by atoms with E-state index >= 15 is 0 Å². The number of rotatable bonds is 5.